The summed E-state index contributed by atoms with van der Waals surface area (Å²) < 4.78 is 0. The number of hydrogen-bond acceptors (Lipinski definition) is 2. The van der Waals surface area contributed by atoms with Gasteiger partial charge in [0.05, 0.1) is 0 Å². The summed E-state index contributed by atoms with van der Waals surface area (Å²) in [5, 5.41) is 11.5. The predicted molar refractivity (Wildman–Crippen MR) is 29.9 cm³/mol. The van der Waals surface area contributed by atoms with Crippen LogP contribution in [-0.2, 0) is 0 Å². The van der Waals surface area contributed by atoms with E-state index in [1.54, 1.807) is 7.05 Å². The summed E-state index contributed by atoms with van der Waals surface area (Å²) in [4.78, 5) is 0. The Labute approximate surface area is 44.5 Å². The van der Waals surface area contributed by atoms with Crippen LogP contribution in [0.1, 0.15) is 13.8 Å². The molecule has 2 N–H and O–H groups in total. The lowest BCUT2D eigenvalue weighted by Gasteiger charge is -2.11. The average molecular weight is 103 g/mol. The van der Waals surface area contributed by atoms with Gasteiger partial charge in [-0.2, -0.15) is 0 Å². The molecule has 0 heterocycles. The van der Waals surface area contributed by atoms with E-state index in [9.17, 15) is 0 Å². The fraction of sp³-hybridized carbons (Fsp3) is 1.00. The Morgan fingerprint density at radius 2 is 1.86 bits per heavy atom. The van der Waals surface area contributed by atoms with E-state index in [0.29, 0.717) is 5.92 Å². The van der Waals surface area contributed by atoms with Crippen LogP contribution in [0, 0.1) is 5.92 Å². The van der Waals surface area contributed by atoms with Crippen molar-refractivity contribution in [2.45, 2.75) is 20.1 Å². The van der Waals surface area contributed by atoms with Crippen molar-refractivity contribution >= 4 is 0 Å². The maximum Gasteiger partial charge on any atom is 0.106 e. The van der Waals surface area contributed by atoms with Crippen molar-refractivity contribution in [1.29, 1.82) is 0 Å². The molecule has 0 aromatic rings. The molecule has 0 aliphatic carbocycles. The van der Waals surface area contributed by atoms with Crippen LogP contribution in [0.4, 0.5) is 0 Å². The number of rotatable bonds is 2. The molecule has 0 fully saturated rings. The lowest BCUT2D eigenvalue weighted by molar-refractivity contribution is 0.0991. The maximum absolute atomic E-state index is 8.82. The highest BCUT2D eigenvalue weighted by molar-refractivity contribution is 4.51. The molecule has 0 aromatic carbocycles. The van der Waals surface area contributed by atoms with Crippen LogP contribution in [0.2, 0.25) is 0 Å². The second kappa shape index (κ2) is 2.99. The molecule has 2 heteroatoms. The van der Waals surface area contributed by atoms with Gasteiger partial charge in [-0.05, 0) is 13.0 Å². The highest BCUT2D eigenvalue weighted by Crippen LogP contribution is 1.94. The quantitative estimate of drug-likeness (QED) is 0.489. The van der Waals surface area contributed by atoms with Gasteiger partial charge in [-0.1, -0.05) is 13.8 Å². The van der Waals surface area contributed by atoms with Crippen LogP contribution in [0.3, 0.4) is 0 Å². The highest BCUT2D eigenvalue weighted by atomic mass is 16.3. The van der Waals surface area contributed by atoms with Gasteiger partial charge in [0.2, 0.25) is 0 Å². The van der Waals surface area contributed by atoms with E-state index in [0.717, 1.165) is 0 Å². The molecule has 0 aliphatic heterocycles. The first-order chi connectivity index (χ1) is 3.18. The van der Waals surface area contributed by atoms with Gasteiger partial charge in [-0.25, -0.2) is 0 Å². The van der Waals surface area contributed by atoms with Crippen LogP contribution in [0.15, 0.2) is 0 Å². The minimum absolute atomic E-state index is 0.310. The zero-order chi connectivity index (χ0) is 5.86. The standard InChI is InChI=1S/C5H13NO/c1-4(2)5(7)6-3/h4-7H,1-3H3/t5-/m1/s1. The molecule has 44 valence electrons. The summed E-state index contributed by atoms with van der Waals surface area (Å²) in [6.45, 7) is 3.92. The second-order valence-electron chi connectivity index (χ2n) is 1.98. The van der Waals surface area contributed by atoms with Gasteiger partial charge >= 0.3 is 0 Å². The fourth-order valence-corrected chi connectivity index (χ4v) is 0.333. The summed E-state index contributed by atoms with van der Waals surface area (Å²) in [5.41, 5.74) is 0. The van der Waals surface area contributed by atoms with E-state index in [1.165, 1.54) is 0 Å². The third kappa shape index (κ3) is 2.60. The molecule has 0 bridgehead atoms. The molecule has 7 heavy (non-hydrogen) atoms. The summed E-state index contributed by atoms with van der Waals surface area (Å²) >= 11 is 0. The van der Waals surface area contributed by atoms with Crippen molar-refractivity contribution in [2.24, 2.45) is 5.92 Å². The van der Waals surface area contributed by atoms with Crippen LogP contribution in [0.5, 0.6) is 0 Å². The van der Waals surface area contributed by atoms with Gasteiger partial charge in [-0.15, -0.1) is 0 Å². The van der Waals surface area contributed by atoms with Gasteiger partial charge in [0.15, 0.2) is 0 Å². The minimum atomic E-state index is -0.347. The third-order valence-electron chi connectivity index (χ3n) is 0.927. The van der Waals surface area contributed by atoms with Crippen molar-refractivity contribution in [3.63, 3.8) is 0 Å². The monoisotopic (exact) mass is 103 g/mol. The van der Waals surface area contributed by atoms with E-state index in [4.69, 9.17) is 5.11 Å². The Hall–Kier alpha value is -0.0800. The minimum Gasteiger partial charge on any atom is -0.378 e. The zero-order valence-electron chi connectivity index (χ0n) is 5.10. The van der Waals surface area contributed by atoms with Crippen LogP contribution in [0.25, 0.3) is 0 Å². The molecule has 0 spiro atoms. The average Bonchev–Trinajstić information content (AvgIpc) is 1.65. The van der Waals surface area contributed by atoms with E-state index in [1.807, 2.05) is 13.8 Å². The van der Waals surface area contributed by atoms with Crippen molar-refractivity contribution in [1.82, 2.24) is 5.32 Å². The molecule has 2 nitrogen and oxygen atoms in total. The van der Waals surface area contributed by atoms with Gasteiger partial charge in [0, 0.05) is 0 Å². The molecule has 0 aliphatic rings. The first-order valence-electron chi connectivity index (χ1n) is 2.53. The largest absolute Gasteiger partial charge is 0.378 e. The van der Waals surface area contributed by atoms with Crippen LogP contribution in [-0.4, -0.2) is 18.4 Å². The zero-order valence-corrected chi connectivity index (χ0v) is 5.10. The van der Waals surface area contributed by atoms with Crippen LogP contribution >= 0.6 is 0 Å². The Balaban J connectivity index is 3.14. The summed E-state index contributed by atoms with van der Waals surface area (Å²) in [5.74, 6) is 0.310. The summed E-state index contributed by atoms with van der Waals surface area (Å²) in [6, 6.07) is 0. The topological polar surface area (TPSA) is 32.3 Å². The molecule has 0 unspecified atom stereocenters. The molecular weight excluding hydrogens is 90.1 g/mol. The Bertz CT molecular complexity index is 45.3. The van der Waals surface area contributed by atoms with Crippen molar-refractivity contribution in [3.8, 4) is 0 Å². The molecule has 0 radical (unpaired) electrons. The third-order valence-corrected chi connectivity index (χ3v) is 0.927. The molecule has 0 amide bonds. The van der Waals surface area contributed by atoms with Crippen molar-refractivity contribution < 1.29 is 5.11 Å². The Kier molecular flexibility index (Phi) is 2.96. The molecule has 0 saturated carbocycles. The first-order valence-corrected chi connectivity index (χ1v) is 2.53. The molecule has 0 saturated heterocycles. The smallest absolute Gasteiger partial charge is 0.106 e. The first kappa shape index (κ1) is 6.92. The van der Waals surface area contributed by atoms with E-state index < -0.39 is 0 Å². The van der Waals surface area contributed by atoms with Crippen LogP contribution < -0.4 is 5.32 Å². The molecule has 1 atom stereocenters. The number of hydrogen-bond donors (Lipinski definition) is 2. The highest BCUT2D eigenvalue weighted by Gasteiger charge is 2.02. The normalized spacial score (nSPS) is 15.0. The van der Waals surface area contributed by atoms with E-state index in [2.05, 4.69) is 5.32 Å². The lowest BCUT2D eigenvalue weighted by Crippen LogP contribution is -2.29. The summed E-state index contributed by atoms with van der Waals surface area (Å²) in [7, 11) is 1.74. The van der Waals surface area contributed by atoms with E-state index in [-0.39, 0.29) is 6.23 Å². The van der Waals surface area contributed by atoms with Gasteiger partial charge in [0.25, 0.3) is 0 Å². The number of aliphatic hydroxyl groups excluding tert-OH is 1. The number of aliphatic hydroxyl groups is 1. The van der Waals surface area contributed by atoms with E-state index >= 15 is 0 Å². The molecule has 0 rings (SSSR count). The Morgan fingerprint density at radius 1 is 1.43 bits per heavy atom. The van der Waals surface area contributed by atoms with Crippen molar-refractivity contribution in [2.75, 3.05) is 7.05 Å². The predicted octanol–water partition coefficient (Wildman–Crippen LogP) is 0.180. The second-order valence-corrected chi connectivity index (χ2v) is 1.98. The Morgan fingerprint density at radius 3 is 1.86 bits per heavy atom. The molecular formula is C5H13NO. The fourth-order valence-electron chi connectivity index (χ4n) is 0.333. The molecule has 0 aromatic heterocycles. The van der Waals surface area contributed by atoms with Gasteiger partial charge in [-0.3, -0.25) is 5.32 Å². The van der Waals surface area contributed by atoms with Gasteiger partial charge in [0.1, 0.15) is 6.23 Å². The lowest BCUT2D eigenvalue weighted by atomic mass is 10.2. The maximum atomic E-state index is 8.82. The van der Waals surface area contributed by atoms with Crippen molar-refractivity contribution in [3.05, 3.63) is 0 Å². The summed E-state index contributed by atoms with van der Waals surface area (Å²) in [6.07, 6.45) is -0.347. The SMILES string of the molecule is CN[C@H](O)C(C)C. The van der Waals surface area contributed by atoms with Gasteiger partial charge < -0.3 is 5.11 Å². The number of nitrogens with one attached hydrogen (secondary N) is 1.